The van der Waals surface area contributed by atoms with E-state index in [-0.39, 0.29) is 6.10 Å². The van der Waals surface area contributed by atoms with Crippen LogP contribution in [0.4, 0.5) is 0 Å². The highest BCUT2D eigenvalue weighted by Gasteiger charge is 2.17. The molecule has 4 heteroatoms. The summed E-state index contributed by atoms with van der Waals surface area (Å²) in [7, 11) is 0. The molecule has 2 N–H and O–H groups in total. The SMILES string of the molecule is CCC(OCC1CCOCC1)C(N)=S. The first-order chi connectivity index (χ1) is 6.74. The van der Waals surface area contributed by atoms with Gasteiger partial charge in [0.05, 0.1) is 6.61 Å². The molecular formula is C10H19NO2S. The highest BCUT2D eigenvalue weighted by Crippen LogP contribution is 2.16. The van der Waals surface area contributed by atoms with Gasteiger partial charge in [-0.3, -0.25) is 0 Å². The second-order valence-electron chi connectivity index (χ2n) is 3.69. The summed E-state index contributed by atoms with van der Waals surface area (Å²) in [5.41, 5.74) is 5.54. The molecule has 3 nitrogen and oxygen atoms in total. The lowest BCUT2D eigenvalue weighted by molar-refractivity contribution is 0.00807. The average molecular weight is 217 g/mol. The molecule has 1 fully saturated rings. The largest absolute Gasteiger partial charge is 0.391 e. The molecule has 0 aromatic carbocycles. The second-order valence-corrected chi connectivity index (χ2v) is 4.16. The summed E-state index contributed by atoms with van der Waals surface area (Å²) >= 11 is 4.91. The molecule has 0 aromatic rings. The normalized spacial score (nSPS) is 20.6. The molecule has 0 radical (unpaired) electrons. The van der Waals surface area contributed by atoms with Gasteiger partial charge in [0.15, 0.2) is 0 Å². The van der Waals surface area contributed by atoms with Gasteiger partial charge in [-0.1, -0.05) is 19.1 Å². The van der Waals surface area contributed by atoms with Crippen LogP contribution in [0.2, 0.25) is 0 Å². The first-order valence-corrected chi connectivity index (χ1v) is 5.63. The van der Waals surface area contributed by atoms with Gasteiger partial charge in [0.1, 0.15) is 11.1 Å². The Bertz CT molecular complexity index is 181. The topological polar surface area (TPSA) is 44.5 Å². The fourth-order valence-corrected chi connectivity index (χ4v) is 1.80. The quantitative estimate of drug-likeness (QED) is 0.709. The molecule has 1 atom stereocenters. The third-order valence-electron chi connectivity index (χ3n) is 2.56. The summed E-state index contributed by atoms with van der Waals surface area (Å²) in [6.45, 7) is 4.52. The average Bonchev–Trinajstić information content (AvgIpc) is 2.20. The zero-order valence-electron chi connectivity index (χ0n) is 8.70. The van der Waals surface area contributed by atoms with E-state index in [1.54, 1.807) is 0 Å². The van der Waals surface area contributed by atoms with Crippen molar-refractivity contribution in [2.45, 2.75) is 32.3 Å². The standard InChI is InChI=1S/C10H19NO2S/c1-2-9(10(11)14)13-7-8-3-5-12-6-4-8/h8-9H,2-7H2,1H3,(H2,11,14). The van der Waals surface area contributed by atoms with Gasteiger partial charge in [-0.2, -0.15) is 0 Å². The number of rotatable bonds is 5. The molecule has 1 aliphatic heterocycles. The molecule has 0 aliphatic carbocycles. The molecule has 1 heterocycles. The van der Waals surface area contributed by atoms with Gasteiger partial charge in [0.2, 0.25) is 0 Å². The molecule has 0 saturated carbocycles. The minimum atomic E-state index is -0.0483. The smallest absolute Gasteiger partial charge is 0.107 e. The first-order valence-electron chi connectivity index (χ1n) is 5.22. The minimum absolute atomic E-state index is 0.0483. The molecule has 0 spiro atoms. The zero-order valence-corrected chi connectivity index (χ0v) is 9.52. The van der Waals surface area contributed by atoms with Crippen LogP contribution in [0.1, 0.15) is 26.2 Å². The molecule has 1 unspecified atom stereocenters. The van der Waals surface area contributed by atoms with Gasteiger partial charge < -0.3 is 15.2 Å². The number of thiocarbonyl (C=S) groups is 1. The van der Waals surface area contributed by atoms with Crippen LogP contribution < -0.4 is 5.73 Å². The van der Waals surface area contributed by atoms with Crippen molar-refractivity contribution < 1.29 is 9.47 Å². The van der Waals surface area contributed by atoms with Crippen LogP contribution in [0.3, 0.4) is 0 Å². The molecule has 0 aromatic heterocycles. The number of ether oxygens (including phenoxy) is 2. The van der Waals surface area contributed by atoms with Gasteiger partial charge >= 0.3 is 0 Å². The minimum Gasteiger partial charge on any atom is -0.391 e. The van der Waals surface area contributed by atoms with Crippen LogP contribution in [-0.2, 0) is 9.47 Å². The van der Waals surface area contributed by atoms with E-state index in [1.165, 1.54) is 0 Å². The summed E-state index contributed by atoms with van der Waals surface area (Å²) < 4.78 is 10.9. The van der Waals surface area contributed by atoms with Gasteiger partial charge in [0.25, 0.3) is 0 Å². The lowest BCUT2D eigenvalue weighted by atomic mass is 10.0. The summed E-state index contributed by atoms with van der Waals surface area (Å²) in [5.74, 6) is 0.618. The molecule has 0 amide bonds. The molecule has 14 heavy (non-hydrogen) atoms. The molecule has 1 aliphatic rings. The summed E-state index contributed by atoms with van der Waals surface area (Å²) in [6.07, 6.45) is 2.99. The summed E-state index contributed by atoms with van der Waals surface area (Å²) in [5, 5.41) is 0. The van der Waals surface area contributed by atoms with Crippen LogP contribution in [0.15, 0.2) is 0 Å². The lowest BCUT2D eigenvalue weighted by Gasteiger charge is -2.24. The fraction of sp³-hybridized carbons (Fsp3) is 0.900. The monoisotopic (exact) mass is 217 g/mol. The van der Waals surface area contributed by atoms with Crippen molar-refractivity contribution in [1.82, 2.24) is 0 Å². The van der Waals surface area contributed by atoms with Gasteiger partial charge in [-0.15, -0.1) is 0 Å². The van der Waals surface area contributed by atoms with E-state index in [9.17, 15) is 0 Å². The maximum absolute atomic E-state index is 5.67. The Kier molecular flexibility index (Phi) is 5.37. The summed E-state index contributed by atoms with van der Waals surface area (Å²) in [4.78, 5) is 0.472. The van der Waals surface area contributed by atoms with Gasteiger partial charge in [-0.05, 0) is 25.2 Å². The third kappa shape index (κ3) is 3.90. The Morgan fingerprint density at radius 1 is 1.57 bits per heavy atom. The maximum Gasteiger partial charge on any atom is 0.107 e. The Balaban J connectivity index is 2.20. The van der Waals surface area contributed by atoms with Crippen LogP contribution >= 0.6 is 12.2 Å². The van der Waals surface area contributed by atoms with Crippen molar-refractivity contribution in [2.24, 2.45) is 11.7 Å². The Morgan fingerprint density at radius 2 is 2.21 bits per heavy atom. The maximum atomic E-state index is 5.67. The molecule has 0 bridgehead atoms. The third-order valence-corrected chi connectivity index (χ3v) is 2.83. The van der Waals surface area contributed by atoms with Gasteiger partial charge in [0, 0.05) is 13.2 Å². The Labute approximate surface area is 90.9 Å². The van der Waals surface area contributed by atoms with E-state index in [0.29, 0.717) is 10.9 Å². The van der Waals surface area contributed by atoms with Crippen molar-refractivity contribution >= 4 is 17.2 Å². The van der Waals surface area contributed by atoms with E-state index in [1.807, 2.05) is 6.92 Å². The Morgan fingerprint density at radius 3 is 2.71 bits per heavy atom. The number of nitrogens with two attached hydrogens (primary N) is 1. The number of hydrogen-bond acceptors (Lipinski definition) is 3. The van der Waals surface area contributed by atoms with Gasteiger partial charge in [-0.25, -0.2) is 0 Å². The second kappa shape index (κ2) is 6.32. The van der Waals surface area contributed by atoms with E-state index >= 15 is 0 Å². The van der Waals surface area contributed by atoms with E-state index < -0.39 is 0 Å². The van der Waals surface area contributed by atoms with E-state index in [2.05, 4.69) is 0 Å². The van der Waals surface area contributed by atoms with Crippen molar-refractivity contribution in [2.75, 3.05) is 19.8 Å². The highest BCUT2D eigenvalue weighted by molar-refractivity contribution is 7.80. The lowest BCUT2D eigenvalue weighted by Crippen LogP contribution is -2.31. The summed E-state index contributed by atoms with van der Waals surface area (Å²) in [6, 6.07) is 0. The predicted octanol–water partition coefficient (Wildman–Crippen LogP) is 1.49. The zero-order chi connectivity index (χ0) is 10.4. The molecule has 1 saturated heterocycles. The van der Waals surface area contributed by atoms with Crippen molar-refractivity contribution in [3.05, 3.63) is 0 Å². The fourth-order valence-electron chi connectivity index (χ4n) is 1.57. The molecule has 82 valence electrons. The van der Waals surface area contributed by atoms with Crippen molar-refractivity contribution in [3.63, 3.8) is 0 Å². The van der Waals surface area contributed by atoms with Crippen molar-refractivity contribution in [3.8, 4) is 0 Å². The first kappa shape index (κ1) is 11.9. The van der Waals surface area contributed by atoms with Crippen LogP contribution in [0.25, 0.3) is 0 Å². The predicted molar refractivity (Wildman–Crippen MR) is 60.4 cm³/mol. The molecular weight excluding hydrogens is 198 g/mol. The Hall–Kier alpha value is -0.190. The molecule has 1 rings (SSSR count). The van der Waals surface area contributed by atoms with Crippen LogP contribution in [-0.4, -0.2) is 30.9 Å². The van der Waals surface area contributed by atoms with Crippen LogP contribution in [0.5, 0.6) is 0 Å². The van der Waals surface area contributed by atoms with E-state index in [0.717, 1.165) is 39.1 Å². The number of hydrogen-bond donors (Lipinski definition) is 1. The van der Waals surface area contributed by atoms with E-state index in [4.69, 9.17) is 27.4 Å². The van der Waals surface area contributed by atoms with Crippen LogP contribution in [0, 0.1) is 5.92 Å². The van der Waals surface area contributed by atoms with Crippen molar-refractivity contribution in [1.29, 1.82) is 0 Å². The highest BCUT2D eigenvalue weighted by atomic mass is 32.1.